The predicted octanol–water partition coefficient (Wildman–Crippen LogP) is 3.40. The molecule has 1 aliphatic rings. The summed E-state index contributed by atoms with van der Waals surface area (Å²) in [6.07, 6.45) is 1.93. The van der Waals surface area contributed by atoms with Crippen molar-refractivity contribution in [1.29, 1.82) is 0 Å². The van der Waals surface area contributed by atoms with Crippen LogP contribution in [0.25, 0.3) is 0 Å². The normalized spacial score (nSPS) is 21.7. The van der Waals surface area contributed by atoms with Gasteiger partial charge in [-0.05, 0) is 36.3 Å². The molecule has 2 rings (SSSR count). The van der Waals surface area contributed by atoms with Gasteiger partial charge in [0.25, 0.3) is 0 Å². The Kier molecular flexibility index (Phi) is 3.23. The monoisotopic (exact) mass is 232 g/mol. The first kappa shape index (κ1) is 12.2. The Morgan fingerprint density at radius 1 is 1.41 bits per heavy atom. The summed E-state index contributed by atoms with van der Waals surface area (Å²) in [6.45, 7) is 6.80. The first-order valence-electron chi connectivity index (χ1n) is 6.32. The molecule has 0 radical (unpaired) electrons. The van der Waals surface area contributed by atoms with Crippen molar-refractivity contribution in [2.75, 3.05) is 6.61 Å². The number of fused-ring (bicyclic) bond motifs is 1. The van der Waals surface area contributed by atoms with E-state index < -0.39 is 0 Å². The van der Waals surface area contributed by atoms with Gasteiger partial charge in [0.2, 0.25) is 0 Å². The summed E-state index contributed by atoms with van der Waals surface area (Å²) >= 11 is 0. The minimum atomic E-state index is -0.0737. The Labute approximate surface area is 103 Å². The first-order valence-corrected chi connectivity index (χ1v) is 6.32. The molecule has 1 aliphatic carbocycles. The molecule has 17 heavy (non-hydrogen) atoms. The van der Waals surface area contributed by atoms with E-state index in [0.717, 1.165) is 18.4 Å². The van der Waals surface area contributed by atoms with Crippen molar-refractivity contribution < 1.29 is 9.53 Å². The van der Waals surface area contributed by atoms with Crippen molar-refractivity contribution in [3.05, 3.63) is 35.4 Å². The van der Waals surface area contributed by atoms with E-state index in [4.69, 9.17) is 4.74 Å². The van der Waals surface area contributed by atoms with E-state index in [9.17, 15) is 4.79 Å². The second kappa shape index (κ2) is 4.52. The molecule has 0 aliphatic heterocycles. The van der Waals surface area contributed by atoms with Gasteiger partial charge >= 0.3 is 5.97 Å². The van der Waals surface area contributed by atoms with Crippen LogP contribution in [0.15, 0.2) is 24.3 Å². The number of hydrogen-bond donors (Lipinski definition) is 0. The third-order valence-electron chi connectivity index (χ3n) is 3.69. The van der Waals surface area contributed by atoms with Crippen molar-refractivity contribution in [1.82, 2.24) is 0 Å². The molecular weight excluding hydrogens is 212 g/mol. The molecule has 1 unspecified atom stereocenters. The lowest BCUT2D eigenvalue weighted by Gasteiger charge is -2.36. The largest absolute Gasteiger partial charge is 0.466 e. The van der Waals surface area contributed by atoms with E-state index in [2.05, 4.69) is 26.0 Å². The molecule has 0 bridgehead atoms. The third-order valence-corrected chi connectivity index (χ3v) is 3.69. The van der Waals surface area contributed by atoms with Crippen LogP contribution < -0.4 is 0 Å². The molecule has 2 nitrogen and oxygen atoms in total. The van der Waals surface area contributed by atoms with Crippen LogP contribution in [0.2, 0.25) is 0 Å². The number of benzene rings is 1. The molecule has 1 aromatic carbocycles. The highest BCUT2D eigenvalue weighted by atomic mass is 16.5. The molecule has 0 aromatic heterocycles. The van der Waals surface area contributed by atoms with E-state index in [1.54, 1.807) is 0 Å². The van der Waals surface area contributed by atoms with E-state index >= 15 is 0 Å². The summed E-state index contributed by atoms with van der Waals surface area (Å²) in [5.74, 6) is -0.144. The molecule has 2 heteroatoms. The molecule has 1 atom stereocenters. The smallest absolute Gasteiger partial charge is 0.313 e. The third kappa shape index (κ3) is 2.21. The zero-order chi connectivity index (χ0) is 12.5. The van der Waals surface area contributed by atoms with Crippen LogP contribution >= 0.6 is 0 Å². The van der Waals surface area contributed by atoms with E-state index in [0.29, 0.717) is 6.61 Å². The molecule has 0 amide bonds. The minimum absolute atomic E-state index is 0.0702. The zero-order valence-electron chi connectivity index (χ0n) is 10.8. The summed E-state index contributed by atoms with van der Waals surface area (Å²) in [7, 11) is 0. The van der Waals surface area contributed by atoms with Crippen LogP contribution in [0.1, 0.15) is 50.7 Å². The highest BCUT2D eigenvalue weighted by Gasteiger charge is 2.36. The van der Waals surface area contributed by atoms with Crippen LogP contribution in [0.3, 0.4) is 0 Å². The Hall–Kier alpha value is -1.31. The van der Waals surface area contributed by atoms with Gasteiger partial charge in [0.15, 0.2) is 0 Å². The number of carbonyl (C=O) groups is 1. The van der Waals surface area contributed by atoms with Crippen LogP contribution in [-0.2, 0) is 14.9 Å². The Bertz CT molecular complexity index is 421. The zero-order valence-corrected chi connectivity index (χ0v) is 10.8. The quantitative estimate of drug-likeness (QED) is 0.730. The van der Waals surface area contributed by atoms with E-state index in [1.165, 1.54) is 5.56 Å². The van der Waals surface area contributed by atoms with Gasteiger partial charge in [0.1, 0.15) is 0 Å². The average molecular weight is 232 g/mol. The Morgan fingerprint density at radius 2 is 2.12 bits per heavy atom. The van der Waals surface area contributed by atoms with Gasteiger partial charge in [0.05, 0.1) is 12.5 Å². The van der Waals surface area contributed by atoms with E-state index in [-0.39, 0.29) is 17.3 Å². The highest BCUT2D eigenvalue weighted by molar-refractivity contribution is 5.79. The number of carbonyl (C=O) groups excluding carboxylic acids is 1. The van der Waals surface area contributed by atoms with Crippen LogP contribution in [-0.4, -0.2) is 12.6 Å². The van der Waals surface area contributed by atoms with Gasteiger partial charge in [-0.3, -0.25) is 4.79 Å². The lowest BCUT2D eigenvalue weighted by Crippen LogP contribution is -2.30. The maximum Gasteiger partial charge on any atom is 0.313 e. The molecule has 0 saturated heterocycles. The summed E-state index contributed by atoms with van der Waals surface area (Å²) < 4.78 is 5.17. The van der Waals surface area contributed by atoms with Crippen molar-refractivity contribution in [2.24, 2.45) is 0 Å². The highest BCUT2D eigenvalue weighted by Crippen LogP contribution is 2.42. The summed E-state index contributed by atoms with van der Waals surface area (Å²) in [5.41, 5.74) is 2.62. The molecule has 92 valence electrons. The standard InChI is InChI=1S/C15H20O2/c1-4-17-14(16)12-9-10-15(2,3)13-8-6-5-7-11(12)13/h5-8,12H,4,9-10H2,1-3H3. The fourth-order valence-corrected chi connectivity index (χ4v) is 2.70. The molecule has 0 saturated carbocycles. The second-order valence-electron chi connectivity index (χ2n) is 5.31. The lowest BCUT2D eigenvalue weighted by molar-refractivity contribution is -0.145. The predicted molar refractivity (Wildman–Crippen MR) is 68.1 cm³/mol. The number of ether oxygens (including phenoxy) is 1. The molecule has 0 spiro atoms. The lowest BCUT2D eigenvalue weighted by atomic mass is 9.69. The second-order valence-corrected chi connectivity index (χ2v) is 5.31. The number of hydrogen-bond acceptors (Lipinski definition) is 2. The number of esters is 1. The van der Waals surface area contributed by atoms with Gasteiger partial charge < -0.3 is 4.74 Å². The van der Waals surface area contributed by atoms with E-state index in [1.807, 2.05) is 19.1 Å². The van der Waals surface area contributed by atoms with Crippen molar-refractivity contribution in [3.63, 3.8) is 0 Å². The van der Waals surface area contributed by atoms with Crippen molar-refractivity contribution in [2.45, 2.75) is 44.9 Å². The first-order chi connectivity index (χ1) is 8.06. The molecule has 1 aromatic rings. The molecule has 0 fully saturated rings. The SMILES string of the molecule is CCOC(=O)C1CCC(C)(C)c2ccccc21. The number of rotatable bonds is 2. The topological polar surface area (TPSA) is 26.3 Å². The molecular formula is C15H20O2. The van der Waals surface area contributed by atoms with Crippen molar-refractivity contribution >= 4 is 5.97 Å². The van der Waals surface area contributed by atoms with Gasteiger partial charge in [-0.15, -0.1) is 0 Å². The maximum absolute atomic E-state index is 11.9. The van der Waals surface area contributed by atoms with Gasteiger partial charge in [-0.1, -0.05) is 38.1 Å². The fraction of sp³-hybridized carbons (Fsp3) is 0.533. The van der Waals surface area contributed by atoms with Gasteiger partial charge in [0, 0.05) is 0 Å². The van der Waals surface area contributed by atoms with Gasteiger partial charge in [-0.25, -0.2) is 0 Å². The Morgan fingerprint density at radius 3 is 2.82 bits per heavy atom. The van der Waals surface area contributed by atoms with Crippen LogP contribution in [0.4, 0.5) is 0 Å². The van der Waals surface area contributed by atoms with Crippen LogP contribution in [0.5, 0.6) is 0 Å². The minimum Gasteiger partial charge on any atom is -0.466 e. The van der Waals surface area contributed by atoms with Gasteiger partial charge in [-0.2, -0.15) is 0 Å². The summed E-state index contributed by atoms with van der Waals surface area (Å²) in [5, 5.41) is 0. The summed E-state index contributed by atoms with van der Waals surface area (Å²) in [6, 6.07) is 8.26. The maximum atomic E-state index is 11.9. The van der Waals surface area contributed by atoms with Crippen molar-refractivity contribution in [3.8, 4) is 0 Å². The molecule has 0 heterocycles. The summed E-state index contributed by atoms with van der Waals surface area (Å²) in [4.78, 5) is 11.9. The Balaban J connectivity index is 2.38. The van der Waals surface area contributed by atoms with Crippen LogP contribution in [0, 0.1) is 0 Å². The fourth-order valence-electron chi connectivity index (χ4n) is 2.70. The average Bonchev–Trinajstić information content (AvgIpc) is 2.29. The molecule has 0 N–H and O–H groups in total.